The number of aromatic nitrogens is 1. The van der Waals surface area contributed by atoms with Crippen molar-refractivity contribution in [2.45, 2.75) is 34.2 Å². The van der Waals surface area contributed by atoms with E-state index in [0.29, 0.717) is 17.5 Å². The molecule has 0 radical (unpaired) electrons. The predicted molar refractivity (Wildman–Crippen MR) is 108 cm³/mol. The number of carbonyl (C=O) groups excluding carboxylic acids is 2. The number of nitriles is 1. The van der Waals surface area contributed by atoms with Crippen LogP contribution in [0.15, 0.2) is 23.8 Å². The highest BCUT2D eigenvalue weighted by molar-refractivity contribution is 6.00. The Morgan fingerprint density at radius 3 is 2.52 bits per heavy atom. The van der Waals surface area contributed by atoms with Gasteiger partial charge in [0.1, 0.15) is 11.6 Å². The number of anilines is 1. The Balaban J connectivity index is 2.08. The van der Waals surface area contributed by atoms with Crippen LogP contribution in [-0.2, 0) is 20.9 Å². The Morgan fingerprint density at radius 2 is 1.90 bits per heavy atom. The summed E-state index contributed by atoms with van der Waals surface area (Å²) in [4.78, 5) is 24.1. The SMILES string of the molecule is Cc1cc(C=C(C#N)C(=O)OCC(=O)Nc2ccc(F)c(F)c2F)c(C)n1CC(C)C. The third kappa shape index (κ3) is 5.75. The number of amides is 1. The number of aryl methyl sites for hydroxylation is 1. The summed E-state index contributed by atoms with van der Waals surface area (Å²) < 4.78 is 46.6. The van der Waals surface area contributed by atoms with E-state index in [9.17, 15) is 28.0 Å². The molecule has 1 N–H and O–H groups in total. The maximum Gasteiger partial charge on any atom is 0.349 e. The predicted octanol–water partition coefficient (Wildman–Crippen LogP) is 4.27. The first-order chi connectivity index (χ1) is 14.5. The minimum absolute atomic E-state index is 0.323. The van der Waals surface area contributed by atoms with E-state index in [1.54, 1.807) is 6.07 Å². The molecule has 0 aliphatic rings. The van der Waals surface area contributed by atoms with Gasteiger partial charge in [-0.05, 0) is 49.6 Å². The van der Waals surface area contributed by atoms with Gasteiger partial charge in [-0.25, -0.2) is 18.0 Å². The maximum absolute atomic E-state index is 13.6. The average Bonchev–Trinajstić information content (AvgIpc) is 2.97. The van der Waals surface area contributed by atoms with Gasteiger partial charge in [-0.1, -0.05) is 13.8 Å². The fourth-order valence-electron chi connectivity index (χ4n) is 2.93. The lowest BCUT2D eigenvalue weighted by molar-refractivity contribution is -0.142. The van der Waals surface area contributed by atoms with Crippen molar-refractivity contribution in [3.63, 3.8) is 0 Å². The summed E-state index contributed by atoms with van der Waals surface area (Å²) in [5.74, 6) is -6.34. The second kappa shape index (κ2) is 9.98. The van der Waals surface area contributed by atoms with Gasteiger partial charge >= 0.3 is 5.97 Å². The topological polar surface area (TPSA) is 84.1 Å². The molecule has 0 aliphatic heterocycles. The van der Waals surface area contributed by atoms with Gasteiger partial charge in [0.2, 0.25) is 0 Å². The molecule has 0 fully saturated rings. The number of carbonyl (C=O) groups is 2. The zero-order chi connectivity index (χ0) is 23.3. The zero-order valence-electron chi connectivity index (χ0n) is 17.6. The molecule has 31 heavy (non-hydrogen) atoms. The molecule has 6 nitrogen and oxygen atoms in total. The first-order valence-corrected chi connectivity index (χ1v) is 9.44. The van der Waals surface area contributed by atoms with Crippen LogP contribution in [0.3, 0.4) is 0 Å². The molecule has 164 valence electrons. The van der Waals surface area contributed by atoms with E-state index in [2.05, 4.69) is 18.4 Å². The number of ether oxygens (including phenoxy) is 1. The van der Waals surface area contributed by atoms with Crippen molar-refractivity contribution < 1.29 is 27.5 Å². The highest BCUT2D eigenvalue weighted by Gasteiger charge is 2.18. The van der Waals surface area contributed by atoms with Crippen LogP contribution in [0.4, 0.5) is 18.9 Å². The summed E-state index contributed by atoms with van der Waals surface area (Å²) in [6.45, 7) is 7.86. The molecule has 1 aromatic heterocycles. The van der Waals surface area contributed by atoms with Crippen LogP contribution in [0.2, 0.25) is 0 Å². The van der Waals surface area contributed by atoms with E-state index >= 15 is 0 Å². The largest absolute Gasteiger partial charge is 0.451 e. The summed E-state index contributed by atoms with van der Waals surface area (Å²) >= 11 is 0. The average molecular weight is 433 g/mol. The van der Waals surface area contributed by atoms with Crippen LogP contribution in [0, 0.1) is 48.5 Å². The lowest BCUT2D eigenvalue weighted by atomic mass is 10.1. The summed E-state index contributed by atoms with van der Waals surface area (Å²) in [5.41, 5.74) is 1.58. The number of nitrogens with zero attached hydrogens (tertiary/aromatic N) is 2. The molecular formula is C22H22F3N3O3. The minimum Gasteiger partial charge on any atom is -0.451 e. The van der Waals surface area contributed by atoms with E-state index in [4.69, 9.17) is 4.74 Å². The minimum atomic E-state index is -1.74. The number of benzene rings is 1. The van der Waals surface area contributed by atoms with Crippen molar-refractivity contribution in [3.8, 4) is 6.07 Å². The number of esters is 1. The van der Waals surface area contributed by atoms with Crippen molar-refractivity contribution in [2.24, 2.45) is 5.92 Å². The quantitative estimate of drug-likeness (QED) is 0.306. The van der Waals surface area contributed by atoms with Crippen molar-refractivity contribution in [3.05, 3.63) is 58.2 Å². The standard InChI is InChI=1S/C22H22F3N3O3/c1-12(2)10-28-13(3)7-15(14(28)4)8-16(9-26)22(30)31-11-19(29)27-18-6-5-17(23)20(24)21(18)25/h5-8,12H,10-11H2,1-4H3,(H,27,29). The van der Waals surface area contributed by atoms with Crippen LogP contribution < -0.4 is 5.32 Å². The second-order valence-corrected chi connectivity index (χ2v) is 7.35. The van der Waals surface area contributed by atoms with Crippen molar-refractivity contribution in [1.29, 1.82) is 5.26 Å². The fraction of sp³-hybridized carbons (Fsp3) is 0.318. The van der Waals surface area contributed by atoms with Gasteiger partial charge in [-0.3, -0.25) is 4.79 Å². The summed E-state index contributed by atoms with van der Waals surface area (Å²) in [7, 11) is 0. The molecule has 0 saturated heterocycles. The Bertz CT molecular complexity index is 1080. The lowest BCUT2D eigenvalue weighted by Gasteiger charge is -2.12. The van der Waals surface area contributed by atoms with Gasteiger partial charge < -0.3 is 14.6 Å². The molecule has 0 aliphatic carbocycles. The molecule has 1 heterocycles. The van der Waals surface area contributed by atoms with Gasteiger partial charge in [-0.2, -0.15) is 5.26 Å². The highest BCUT2D eigenvalue weighted by atomic mass is 19.2. The van der Waals surface area contributed by atoms with Gasteiger partial charge in [0, 0.05) is 17.9 Å². The molecule has 2 rings (SSSR count). The molecule has 0 saturated carbocycles. The number of hydrogen-bond donors (Lipinski definition) is 1. The van der Waals surface area contributed by atoms with Gasteiger partial charge in [0.25, 0.3) is 5.91 Å². The van der Waals surface area contributed by atoms with E-state index in [1.165, 1.54) is 6.08 Å². The molecule has 0 bridgehead atoms. The van der Waals surface area contributed by atoms with Crippen LogP contribution in [-0.4, -0.2) is 23.1 Å². The number of rotatable bonds is 7. The van der Waals surface area contributed by atoms with E-state index < -0.39 is 41.6 Å². The van der Waals surface area contributed by atoms with Crippen molar-refractivity contribution in [2.75, 3.05) is 11.9 Å². The Hall–Kier alpha value is -3.54. The normalized spacial score (nSPS) is 11.4. The molecule has 0 spiro atoms. The molecule has 1 aromatic carbocycles. The highest BCUT2D eigenvalue weighted by Crippen LogP contribution is 2.21. The van der Waals surface area contributed by atoms with Crippen LogP contribution in [0.1, 0.15) is 30.8 Å². The fourth-order valence-corrected chi connectivity index (χ4v) is 2.93. The van der Waals surface area contributed by atoms with Gasteiger partial charge in [-0.15, -0.1) is 0 Å². The summed E-state index contributed by atoms with van der Waals surface area (Å²) in [5, 5.41) is 11.3. The maximum atomic E-state index is 13.6. The molecule has 2 aromatic rings. The smallest absolute Gasteiger partial charge is 0.349 e. The summed E-state index contributed by atoms with van der Waals surface area (Å²) in [6, 6.07) is 5.05. The molecule has 0 unspecified atom stereocenters. The first kappa shape index (κ1) is 23.7. The summed E-state index contributed by atoms with van der Waals surface area (Å²) in [6.07, 6.45) is 1.37. The molecule has 0 atom stereocenters. The molecular weight excluding hydrogens is 411 g/mol. The van der Waals surface area contributed by atoms with Crippen LogP contribution in [0.25, 0.3) is 6.08 Å². The van der Waals surface area contributed by atoms with Crippen LogP contribution >= 0.6 is 0 Å². The Kier molecular flexibility index (Phi) is 7.64. The molecule has 1 amide bonds. The Morgan fingerprint density at radius 1 is 1.23 bits per heavy atom. The number of nitrogens with one attached hydrogen (secondary N) is 1. The van der Waals surface area contributed by atoms with E-state index in [0.717, 1.165) is 24.0 Å². The van der Waals surface area contributed by atoms with E-state index in [1.807, 2.05) is 25.2 Å². The molecule has 9 heteroatoms. The number of halogens is 3. The van der Waals surface area contributed by atoms with Gasteiger partial charge in [0.15, 0.2) is 24.1 Å². The van der Waals surface area contributed by atoms with E-state index in [-0.39, 0.29) is 5.57 Å². The third-order valence-corrected chi connectivity index (χ3v) is 4.44. The van der Waals surface area contributed by atoms with Crippen molar-refractivity contribution >= 4 is 23.6 Å². The zero-order valence-corrected chi connectivity index (χ0v) is 17.6. The lowest BCUT2D eigenvalue weighted by Crippen LogP contribution is -2.22. The second-order valence-electron chi connectivity index (χ2n) is 7.35. The number of hydrogen-bond acceptors (Lipinski definition) is 4. The van der Waals surface area contributed by atoms with Crippen LogP contribution in [0.5, 0.6) is 0 Å². The third-order valence-electron chi connectivity index (χ3n) is 4.44. The van der Waals surface area contributed by atoms with Gasteiger partial charge in [0.05, 0.1) is 5.69 Å². The monoisotopic (exact) mass is 433 g/mol. The first-order valence-electron chi connectivity index (χ1n) is 9.44. The van der Waals surface area contributed by atoms with Crippen molar-refractivity contribution in [1.82, 2.24) is 4.57 Å². The Labute approximate surface area is 177 Å².